The normalized spacial score (nSPS) is 8.53. The predicted octanol–water partition coefficient (Wildman–Crippen LogP) is 2.53. The minimum Gasteiger partial charge on any atom is -0.349 e. The first-order chi connectivity index (χ1) is 7.21. The number of allylic oxidation sites excluding steroid dienone is 4. The zero-order valence-corrected chi connectivity index (χ0v) is 8.96. The average Bonchev–Trinajstić information content (AvgIpc) is 2.26. The van der Waals surface area contributed by atoms with Crippen LogP contribution >= 0.6 is 0 Å². The summed E-state index contributed by atoms with van der Waals surface area (Å²) in [6, 6.07) is 0. The van der Waals surface area contributed by atoms with Gasteiger partial charge in [-0.1, -0.05) is 37.5 Å². The van der Waals surface area contributed by atoms with Gasteiger partial charge in [0.05, 0.1) is 0 Å². The lowest BCUT2D eigenvalue weighted by Crippen LogP contribution is -2.25. The molecule has 0 radical (unpaired) electrons. The van der Waals surface area contributed by atoms with Crippen molar-refractivity contribution in [1.29, 1.82) is 0 Å². The first-order valence-corrected chi connectivity index (χ1v) is 4.69. The van der Waals surface area contributed by atoms with E-state index in [2.05, 4.69) is 31.6 Å². The fourth-order valence-electron chi connectivity index (χ4n) is 1.09. The van der Waals surface area contributed by atoms with Crippen LogP contribution in [0.2, 0.25) is 0 Å². The van der Waals surface area contributed by atoms with Crippen LogP contribution in [0.4, 0.5) is 0 Å². The Morgan fingerprint density at radius 3 is 2.07 bits per heavy atom. The molecular formula is C13H17NO. The van der Waals surface area contributed by atoms with Crippen LogP contribution in [-0.2, 0) is 4.79 Å². The summed E-state index contributed by atoms with van der Waals surface area (Å²) in [6.07, 6.45) is 7.02. The van der Waals surface area contributed by atoms with Gasteiger partial charge in [-0.05, 0) is 12.0 Å². The lowest BCUT2D eigenvalue weighted by Gasteiger charge is -2.07. The van der Waals surface area contributed by atoms with Crippen LogP contribution in [0.5, 0.6) is 0 Å². The van der Waals surface area contributed by atoms with Crippen molar-refractivity contribution in [2.24, 2.45) is 0 Å². The second-order valence-corrected chi connectivity index (χ2v) is 2.83. The first-order valence-electron chi connectivity index (χ1n) is 4.69. The maximum Gasteiger partial charge on any atom is 0.248 e. The Morgan fingerprint density at radius 2 is 1.67 bits per heavy atom. The molecule has 2 heteroatoms. The molecule has 15 heavy (non-hydrogen) atoms. The molecule has 1 N–H and O–H groups in total. The maximum absolute atomic E-state index is 11.7. The van der Waals surface area contributed by atoms with Crippen molar-refractivity contribution in [3.8, 4) is 0 Å². The monoisotopic (exact) mass is 203 g/mol. The molecule has 0 atom stereocenters. The standard InChI is InChI=1S/C13H17NO/c1-5-9-12(11(7-3)8-4)13(15)14-10-6-2/h5-8H,1-4,9-10H2,(H,14,15). The van der Waals surface area contributed by atoms with Crippen LogP contribution in [0.1, 0.15) is 6.42 Å². The third kappa shape index (κ3) is 4.27. The Balaban J connectivity index is 4.92. The summed E-state index contributed by atoms with van der Waals surface area (Å²) in [4.78, 5) is 11.7. The molecule has 0 aliphatic carbocycles. The minimum absolute atomic E-state index is 0.135. The number of rotatable bonds is 7. The van der Waals surface area contributed by atoms with E-state index in [1.54, 1.807) is 24.3 Å². The molecule has 1 amide bonds. The molecule has 0 spiro atoms. The number of carbonyl (C=O) groups excluding carboxylic acids is 1. The van der Waals surface area contributed by atoms with Gasteiger partial charge in [0.15, 0.2) is 0 Å². The predicted molar refractivity (Wildman–Crippen MR) is 65.4 cm³/mol. The number of hydrogen-bond acceptors (Lipinski definition) is 1. The summed E-state index contributed by atoms with van der Waals surface area (Å²) in [6.45, 7) is 14.9. The number of nitrogens with one attached hydrogen (secondary N) is 1. The fourth-order valence-corrected chi connectivity index (χ4v) is 1.09. The van der Waals surface area contributed by atoms with Crippen molar-refractivity contribution in [2.75, 3.05) is 6.54 Å². The Bertz CT molecular complexity index is 300. The largest absolute Gasteiger partial charge is 0.349 e. The minimum atomic E-state index is -0.135. The molecule has 0 bridgehead atoms. The Kier molecular flexibility index (Phi) is 6.64. The quantitative estimate of drug-likeness (QED) is 0.384. The lowest BCUT2D eigenvalue weighted by atomic mass is 10.0. The van der Waals surface area contributed by atoms with Gasteiger partial charge in [0.1, 0.15) is 0 Å². The number of carbonyl (C=O) groups is 1. The Hall–Kier alpha value is -1.83. The van der Waals surface area contributed by atoms with Gasteiger partial charge < -0.3 is 5.32 Å². The van der Waals surface area contributed by atoms with Crippen molar-refractivity contribution in [3.63, 3.8) is 0 Å². The van der Waals surface area contributed by atoms with Gasteiger partial charge in [-0.15, -0.1) is 13.2 Å². The molecule has 0 aromatic rings. The Morgan fingerprint density at radius 1 is 1.07 bits per heavy atom. The molecule has 0 aromatic heterocycles. The highest BCUT2D eigenvalue weighted by atomic mass is 16.1. The van der Waals surface area contributed by atoms with E-state index in [0.29, 0.717) is 18.5 Å². The summed E-state index contributed by atoms with van der Waals surface area (Å²) in [5.41, 5.74) is 1.35. The molecule has 0 aromatic carbocycles. The van der Waals surface area contributed by atoms with E-state index in [0.717, 1.165) is 5.57 Å². The Labute approximate surface area is 91.4 Å². The van der Waals surface area contributed by atoms with Crippen LogP contribution < -0.4 is 5.32 Å². The fraction of sp³-hybridized carbons (Fsp3) is 0.154. The molecule has 0 saturated carbocycles. The third-order valence-corrected chi connectivity index (χ3v) is 1.82. The van der Waals surface area contributed by atoms with Crippen LogP contribution in [0.15, 0.2) is 61.8 Å². The third-order valence-electron chi connectivity index (χ3n) is 1.82. The van der Waals surface area contributed by atoms with Crippen molar-refractivity contribution >= 4 is 5.91 Å². The zero-order chi connectivity index (χ0) is 11.7. The molecule has 80 valence electrons. The van der Waals surface area contributed by atoms with Crippen molar-refractivity contribution in [3.05, 3.63) is 61.8 Å². The van der Waals surface area contributed by atoms with Gasteiger partial charge in [0.2, 0.25) is 5.91 Å². The van der Waals surface area contributed by atoms with Gasteiger partial charge in [-0.2, -0.15) is 0 Å². The summed E-state index contributed by atoms with van der Waals surface area (Å²) in [5.74, 6) is -0.135. The summed E-state index contributed by atoms with van der Waals surface area (Å²) in [7, 11) is 0. The summed E-state index contributed by atoms with van der Waals surface area (Å²) >= 11 is 0. The van der Waals surface area contributed by atoms with Crippen molar-refractivity contribution in [1.82, 2.24) is 5.32 Å². The maximum atomic E-state index is 11.7. The van der Waals surface area contributed by atoms with Crippen LogP contribution in [0, 0.1) is 0 Å². The van der Waals surface area contributed by atoms with E-state index in [1.165, 1.54) is 0 Å². The van der Waals surface area contributed by atoms with Crippen molar-refractivity contribution in [2.45, 2.75) is 6.42 Å². The van der Waals surface area contributed by atoms with Crippen LogP contribution in [0.3, 0.4) is 0 Å². The molecular weight excluding hydrogens is 186 g/mol. The van der Waals surface area contributed by atoms with Gasteiger partial charge in [0, 0.05) is 12.1 Å². The van der Waals surface area contributed by atoms with E-state index >= 15 is 0 Å². The van der Waals surface area contributed by atoms with Crippen LogP contribution in [-0.4, -0.2) is 12.5 Å². The SMILES string of the molecule is C=CCNC(=O)C(CC=C)=C(C=C)C=C. The van der Waals surface area contributed by atoms with E-state index in [-0.39, 0.29) is 5.91 Å². The van der Waals surface area contributed by atoms with E-state index < -0.39 is 0 Å². The van der Waals surface area contributed by atoms with Gasteiger partial charge in [-0.3, -0.25) is 4.79 Å². The van der Waals surface area contributed by atoms with Gasteiger partial charge >= 0.3 is 0 Å². The molecule has 0 fully saturated rings. The molecule has 0 rings (SSSR count). The van der Waals surface area contributed by atoms with Gasteiger partial charge in [-0.25, -0.2) is 0 Å². The topological polar surface area (TPSA) is 29.1 Å². The van der Waals surface area contributed by atoms with Gasteiger partial charge in [0.25, 0.3) is 0 Å². The summed E-state index contributed by atoms with van der Waals surface area (Å²) < 4.78 is 0. The molecule has 0 aliphatic heterocycles. The second-order valence-electron chi connectivity index (χ2n) is 2.83. The highest BCUT2D eigenvalue weighted by Gasteiger charge is 2.09. The van der Waals surface area contributed by atoms with E-state index in [4.69, 9.17) is 0 Å². The summed E-state index contributed by atoms with van der Waals surface area (Å²) in [5, 5.41) is 2.71. The number of amides is 1. The number of hydrogen-bond donors (Lipinski definition) is 1. The van der Waals surface area contributed by atoms with E-state index in [9.17, 15) is 4.79 Å². The average molecular weight is 203 g/mol. The highest BCUT2D eigenvalue weighted by molar-refractivity contribution is 5.95. The first kappa shape index (κ1) is 13.2. The second kappa shape index (κ2) is 7.56. The molecule has 0 aliphatic rings. The molecule has 0 unspecified atom stereocenters. The molecule has 0 heterocycles. The smallest absolute Gasteiger partial charge is 0.248 e. The van der Waals surface area contributed by atoms with E-state index in [1.807, 2.05) is 0 Å². The molecule has 2 nitrogen and oxygen atoms in total. The van der Waals surface area contributed by atoms with Crippen molar-refractivity contribution < 1.29 is 4.79 Å². The zero-order valence-electron chi connectivity index (χ0n) is 8.96. The molecule has 0 saturated heterocycles. The lowest BCUT2D eigenvalue weighted by molar-refractivity contribution is -0.117. The van der Waals surface area contributed by atoms with Crippen LogP contribution in [0.25, 0.3) is 0 Å². The highest BCUT2D eigenvalue weighted by Crippen LogP contribution is 2.12.